The van der Waals surface area contributed by atoms with E-state index in [4.69, 9.17) is 28.9 Å². The van der Waals surface area contributed by atoms with Gasteiger partial charge in [-0.05, 0) is 54.5 Å². The summed E-state index contributed by atoms with van der Waals surface area (Å²) in [5.41, 5.74) is 4.83. The maximum absolute atomic E-state index is 6.21. The van der Waals surface area contributed by atoms with Gasteiger partial charge in [-0.15, -0.1) is 0 Å². The Morgan fingerprint density at radius 1 is 0.966 bits per heavy atom. The van der Waals surface area contributed by atoms with Gasteiger partial charge in [-0.2, -0.15) is 5.10 Å². The van der Waals surface area contributed by atoms with Gasteiger partial charge in [0.2, 0.25) is 0 Å². The predicted octanol–water partition coefficient (Wildman–Crippen LogP) is 6.16. The molecule has 4 nitrogen and oxygen atoms in total. The molecule has 0 saturated carbocycles. The van der Waals surface area contributed by atoms with Gasteiger partial charge in [-0.25, -0.2) is 0 Å². The number of aryl methyl sites for hydroxylation is 1. The number of aromatic nitrogens is 2. The van der Waals surface area contributed by atoms with Crippen molar-refractivity contribution in [2.24, 2.45) is 0 Å². The van der Waals surface area contributed by atoms with Crippen LogP contribution in [0.25, 0.3) is 10.8 Å². The summed E-state index contributed by atoms with van der Waals surface area (Å²) in [6.07, 6.45) is 0. The summed E-state index contributed by atoms with van der Waals surface area (Å²) in [6, 6.07) is 22.3. The number of para-hydroxylation sites is 1. The molecule has 0 bridgehead atoms. The van der Waals surface area contributed by atoms with E-state index in [1.54, 1.807) is 0 Å². The summed E-state index contributed by atoms with van der Waals surface area (Å²) in [6.45, 7) is 4.72. The molecule has 4 rings (SSSR count). The van der Waals surface area contributed by atoms with E-state index >= 15 is 0 Å². The summed E-state index contributed by atoms with van der Waals surface area (Å²) >= 11 is 11.7. The van der Waals surface area contributed by atoms with Crippen molar-refractivity contribution < 1.29 is 0 Å². The monoisotopic (exact) mass is 420 g/mol. The Hall–Kier alpha value is -2.89. The summed E-state index contributed by atoms with van der Waals surface area (Å²) in [5, 5.41) is 14.7. The van der Waals surface area contributed by atoms with Crippen LogP contribution in [0.5, 0.6) is 0 Å². The maximum Gasteiger partial charge on any atom is 0.175 e. The van der Waals surface area contributed by atoms with Crippen LogP contribution in [0.4, 0.5) is 11.4 Å². The molecule has 0 radical (unpaired) electrons. The van der Waals surface area contributed by atoms with Crippen LogP contribution in [0, 0.1) is 13.8 Å². The smallest absolute Gasteiger partial charge is 0.175 e. The summed E-state index contributed by atoms with van der Waals surface area (Å²) in [4.78, 5) is 0. The van der Waals surface area contributed by atoms with Gasteiger partial charge in [0.25, 0.3) is 0 Å². The highest BCUT2D eigenvalue weighted by Gasteiger charge is 2.14. The topological polar surface area (TPSA) is 41.9 Å². The van der Waals surface area contributed by atoms with E-state index in [9.17, 15) is 0 Å². The Bertz CT molecular complexity index is 1190. The number of hydrogen-bond acceptors (Lipinski definition) is 2. The van der Waals surface area contributed by atoms with Crippen LogP contribution in [0.1, 0.15) is 17.0 Å². The van der Waals surface area contributed by atoms with Crippen molar-refractivity contribution >= 4 is 51.1 Å². The van der Waals surface area contributed by atoms with Crippen molar-refractivity contribution in [3.05, 3.63) is 88.7 Å². The third-order valence-corrected chi connectivity index (χ3v) is 5.48. The van der Waals surface area contributed by atoms with Gasteiger partial charge in [0.15, 0.2) is 5.11 Å². The van der Waals surface area contributed by atoms with Gasteiger partial charge < -0.3 is 10.6 Å². The quantitative estimate of drug-likeness (QED) is 0.388. The number of rotatable bonds is 4. The first kappa shape index (κ1) is 19.4. The van der Waals surface area contributed by atoms with Crippen LogP contribution < -0.4 is 10.6 Å². The highest BCUT2D eigenvalue weighted by atomic mass is 35.5. The molecule has 0 fully saturated rings. The molecule has 0 aliphatic carbocycles. The number of hydrogen-bond donors (Lipinski definition) is 2. The fourth-order valence-electron chi connectivity index (χ4n) is 3.45. The normalized spacial score (nSPS) is 10.9. The van der Waals surface area contributed by atoms with Crippen molar-refractivity contribution in [2.75, 3.05) is 10.6 Å². The lowest BCUT2D eigenvalue weighted by Gasteiger charge is -2.12. The largest absolute Gasteiger partial charge is 0.331 e. The second-order valence-electron chi connectivity index (χ2n) is 6.90. The molecular weight excluding hydrogens is 400 g/mol. The minimum Gasteiger partial charge on any atom is -0.331 e. The second kappa shape index (κ2) is 8.23. The molecule has 0 aliphatic rings. The van der Waals surface area contributed by atoms with Crippen molar-refractivity contribution in [3.63, 3.8) is 0 Å². The van der Waals surface area contributed by atoms with Crippen molar-refractivity contribution in [1.29, 1.82) is 0 Å². The van der Waals surface area contributed by atoms with E-state index in [1.807, 2.05) is 42.8 Å². The number of benzene rings is 3. The first-order valence-electron chi connectivity index (χ1n) is 9.36. The number of fused-ring (bicyclic) bond motifs is 1. The average molecular weight is 421 g/mol. The molecule has 0 aliphatic heterocycles. The van der Waals surface area contributed by atoms with E-state index < -0.39 is 0 Å². The molecule has 0 unspecified atom stereocenters. The third-order valence-electron chi connectivity index (χ3n) is 4.94. The SMILES string of the molecule is Cc1nn(Cc2cccc3ccccc23)c(C)c1NC(=S)Nc1ccccc1Cl. The molecular formula is C23H21ClN4S. The number of nitrogens with zero attached hydrogens (tertiary/aromatic N) is 2. The number of nitrogens with one attached hydrogen (secondary N) is 2. The third kappa shape index (κ3) is 4.11. The Balaban J connectivity index is 1.56. The zero-order chi connectivity index (χ0) is 20.4. The van der Waals surface area contributed by atoms with Gasteiger partial charge in [-0.3, -0.25) is 4.68 Å². The first-order valence-corrected chi connectivity index (χ1v) is 10.1. The zero-order valence-corrected chi connectivity index (χ0v) is 17.8. The predicted molar refractivity (Wildman–Crippen MR) is 126 cm³/mol. The lowest BCUT2D eigenvalue weighted by molar-refractivity contribution is 0.662. The van der Waals surface area contributed by atoms with Crippen LogP contribution in [0.3, 0.4) is 0 Å². The van der Waals surface area contributed by atoms with Gasteiger partial charge in [0, 0.05) is 0 Å². The number of thiocarbonyl (C=S) groups is 1. The van der Waals surface area contributed by atoms with E-state index in [-0.39, 0.29) is 0 Å². The van der Waals surface area contributed by atoms with Crippen LogP contribution in [0.2, 0.25) is 5.02 Å². The minimum atomic E-state index is 0.481. The van der Waals surface area contributed by atoms with E-state index in [1.165, 1.54) is 16.3 Å². The summed E-state index contributed by atoms with van der Waals surface area (Å²) < 4.78 is 2.01. The molecule has 1 heterocycles. The molecule has 29 heavy (non-hydrogen) atoms. The zero-order valence-electron chi connectivity index (χ0n) is 16.2. The van der Waals surface area contributed by atoms with Gasteiger partial charge in [0.1, 0.15) is 0 Å². The molecule has 0 saturated heterocycles. The molecule has 146 valence electrons. The van der Waals surface area contributed by atoms with Crippen molar-refractivity contribution in [3.8, 4) is 0 Å². The maximum atomic E-state index is 6.21. The molecule has 0 atom stereocenters. The van der Waals surface area contributed by atoms with Crippen molar-refractivity contribution in [2.45, 2.75) is 20.4 Å². The molecule has 6 heteroatoms. The van der Waals surface area contributed by atoms with E-state index in [2.05, 4.69) is 53.1 Å². The highest BCUT2D eigenvalue weighted by molar-refractivity contribution is 7.80. The minimum absolute atomic E-state index is 0.481. The fraction of sp³-hybridized carbons (Fsp3) is 0.130. The first-order chi connectivity index (χ1) is 14.0. The molecule has 4 aromatic rings. The van der Waals surface area contributed by atoms with Gasteiger partial charge in [-0.1, -0.05) is 66.2 Å². The van der Waals surface area contributed by atoms with Crippen LogP contribution in [-0.2, 0) is 6.54 Å². The van der Waals surface area contributed by atoms with Gasteiger partial charge in [0.05, 0.1) is 34.3 Å². The molecule has 0 amide bonds. The molecule has 2 N–H and O–H groups in total. The Morgan fingerprint density at radius 2 is 1.69 bits per heavy atom. The Labute approximate surface area is 180 Å². The van der Waals surface area contributed by atoms with E-state index in [0.29, 0.717) is 16.7 Å². The highest BCUT2D eigenvalue weighted by Crippen LogP contribution is 2.25. The van der Waals surface area contributed by atoms with Crippen LogP contribution in [-0.4, -0.2) is 14.9 Å². The average Bonchev–Trinajstić information content (AvgIpc) is 2.97. The Morgan fingerprint density at radius 3 is 2.52 bits per heavy atom. The second-order valence-corrected chi connectivity index (χ2v) is 7.72. The molecule has 1 aromatic heterocycles. The summed E-state index contributed by atoms with van der Waals surface area (Å²) in [7, 11) is 0. The standard InChI is InChI=1S/C23H21ClN4S/c1-15-22(26-23(29)25-21-13-6-5-12-20(21)24)16(2)28(27-15)14-18-10-7-9-17-8-3-4-11-19(17)18/h3-13H,14H2,1-2H3,(H2,25,26,29). The fourth-order valence-corrected chi connectivity index (χ4v) is 3.85. The lowest BCUT2D eigenvalue weighted by atomic mass is 10.0. The van der Waals surface area contributed by atoms with Crippen molar-refractivity contribution in [1.82, 2.24) is 9.78 Å². The number of anilines is 2. The summed E-state index contributed by atoms with van der Waals surface area (Å²) in [5.74, 6) is 0. The lowest BCUT2D eigenvalue weighted by Crippen LogP contribution is -2.20. The number of halogens is 1. The van der Waals surface area contributed by atoms with Crippen LogP contribution >= 0.6 is 23.8 Å². The Kier molecular flexibility index (Phi) is 5.51. The van der Waals surface area contributed by atoms with Crippen LogP contribution in [0.15, 0.2) is 66.7 Å². The van der Waals surface area contributed by atoms with Gasteiger partial charge >= 0.3 is 0 Å². The molecule has 3 aromatic carbocycles. The van der Waals surface area contributed by atoms with E-state index in [0.717, 1.165) is 22.8 Å². The molecule has 0 spiro atoms.